The summed E-state index contributed by atoms with van der Waals surface area (Å²) in [5.74, 6) is -1.12. The molecule has 2 amide bonds. The van der Waals surface area contributed by atoms with Gasteiger partial charge < -0.3 is 10.1 Å². The van der Waals surface area contributed by atoms with E-state index >= 15 is 0 Å². The third-order valence-corrected chi connectivity index (χ3v) is 5.23. The topological polar surface area (TPSA) is 67.8 Å². The quantitative estimate of drug-likeness (QED) is 0.801. The van der Waals surface area contributed by atoms with Gasteiger partial charge >= 0.3 is 12.0 Å². The van der Waals surface area contributed by atoms with Crippen molar-refractivity contribution >= 4 is 17.7 Å². The molecular formula is C20H25FN2O3. The number of halogens is 1. The van der Waals surface area contributed by atoms with Gasteiger partial charge in [0.15, 0.2) is 0 Å². The fourth-order valence-electron chi connectivity index (χ4n) is 3.83. The Hall–Kier alpha value is -2.24. The van der Waals surface area contributed by atoms with E-state index in [1.54, 1.807) is 12.1 Å². The highest BCUT2D eigenvalue weighted by Crippen LogP contribution is 2.30. The maximum atomic E-state index is 13.7. The third-order valence-electron chi connectivity index (χ3n) is 5.23. The second-order valence-corrected chi connectivity index (χ2v) is 7.05. The maximum Gasteiger partial charge on any atom is 0.341 e. The van der Waals surface area contributed by atoms with Crippen LogP contribution in [0.15, 0.2) is 29.3 Å². The average Bonchev–Trinajstić information content (AvgIpc) is 2.66. The van der Waals surface area contributed by atoms with Crippen molar-refractivity contribution in [2.75, 3.05) is 6.61 Å². The Labute approximate surface area is 153 Å². The molecule has 1 N–H and O–H groups in total. The lowest BCUT2D eigenvalue weighted by atomic mass is 9.86. The lowest BCUT2D eigenvalue weighted by Crippen LogP contribution is -2.45. The smallest absolute Gasteiger partial charge is 0.341 e. The highest BCUT2D eigenvalue weighted by Gasteiger charge is 2.39. The number of carbonyl (C=O) groups excluding carboxylic acids is 2. The van der Waals surface area contributed by atoms with E-state index in [1.165, 1.54) is 31.4 Å². The summed E-state index contributed by atoms with van der Waals surface area (Å²) in [5.41, 5.74) is 1.02. The molecule has 2 unspecified atom stereocenters. The SMILES string of the molecule is CCC1=NC(=O)NC(c2cccc(F)c2)C1C(=O)OCC1CCCCC1. The zero-order chi connectivity index (χ0) is 18.5. The highest BCUT2D eigenvalue weighted by molar-refractivity contribution is 6.09. The van der Waals surface area contributed by atoms with Crippen LogP contribution in [-0.4, -0.2) is 24.3 Å². The Kier molecular flexibility index (Phi) is 6.01. The van der Waals surface area contributed by atoms with E-state index in [1.807, 2.05) is 6.92 Å². The number of nitrogens with zero attached hydrogens (tertiary/aromatic N) is 1. The number of aliphatic imine (C=N–C) groups is 1. The number of hydrogen-bond acceptors (Lipinski definition) is 3. The monoisotopic (exact) mass is 360 g/mol. The number of amides is 2. The Morgan fingerprint density at radius 3 is 2.77 bits per heavy atom. The van der Waals surface area contributed by atoms with Gasteiger partial charge in [-0.3, -0.25) is 4.79 Å². The van der Waals surface area contributed by atoms with Gasteiger partial charge in [0.05, 0.1) is 12.6 Å². The highest BCUT2D eigenvalue weighted by atomic mass is 19.1. The Morgan fingerprint density at radius 1 is 1.31 bits per heavy atom. The van der Waals surface area contributed by atoms with E-state index in [4.69, 9.17) is 4.74 Å². The minimum Gasteiger partial charge on any atom is -0.465 e. The van der Waals surface area contributed by atoms with Crippen LogP contribution >= 0.6 is 0 Å². The molecule has 1 aliphatic carbocycles. The van der Waals surface area contributed by atoms with Gasteiger partial charge in [-0.1, -0.05) is 38.3 Å². The largest absolute Gasteiger partial charge is 0.465 e. The molecule has 140 valence electrons. The lowest BCUT2D eigenvalue weighted by Gasteiger charge is -2.31. The van der Waals surface area contributed by atoms with Crippen LogP contribution in [-0.2, 0) is 9.53 Å². The van der Waals surface area contributed by atoms with Crippen molar-refractivity contribution in [1.82, 2.24) is 5.32 Å². The first-order valence-electron chi connectivity index (χ1n) is 9.38. The number of ether oxygens (including phenoxy) is 1. The van der Waals surface area contributed by atoms with Crippen molar-refractivity contribution in [1.29, 1.82) is 0 Å². The van der Waals surface area contributed by atoms with Gasteiger partial charge in [0.25, 0.3) is 0 Å². The molecule has 1 aromatic carbocycles. The van der Waals surface area contributed by atoms with Gasteiger partial charge in [-0.25, -0.2) is 14.2 Å². The fraction of sp³-hybridized carbons (Fsp3) is 0.550. The van der Waals surface area contributed by atoms with Crippen LogP contribution < -0.4 is 5.32 Å². The molecule has 6 heteroatoms. The molecule has 2 aliphatic rings. The van der Waals surface area contributed by atoms with Gasteiger partial charge in [-0.15, -0.1) is 0 Å². The second-order valence-electron chi connectivity index (χ2n) is 7.05. The molecule has 0 radical (unpaired) electrons. The summed E-state index contributed by atoms with van der Waals surface area (Å²) >= 11 is 0. The molecule has 1 heterocycles. The summed E-state index contributed by atoms with van der Waals surface area (Å²) in [7, 11) is 0. The lowest BCUT2D eigenvalue weighted by molar-refractivity contribution is -0.148. The molecule has 1 aliphatic heterocycles. The first kappa shape index (κ1) is 18.5. The van der Waals surface area contributed by atoms with E-state index in [0.717, 1.165) is 12.8 Å². The van der Waals surface area contributed by atoms with Crippen molar-refractivity contribution in [2.24, 2.45) is 16.8 Å². The minimum absolute atomic E-state index is 0.398. The predicted molar refractivity (Wildman–Crippen MR) is 96.4 cm³/mol. The van der Waals surface area contributed by atoms with Crippen LogP contribution in [0.25, 0.3) is 0 Å². The van der Waals surface area contributed by atoms with Crippen molar-refractivity contribution in [3.63, 3.8) is 0 Å². The summed E-state index contributed by atoms with van der Waals surface area (Å²) in [5, 5.41) is 2.70. The normalized spacial score (nSPS) is 23.9. The second kappa shape index (κ2) is 8.43. The number of hydrogen-bond donors (Lipinski definition) is 1. The first-order chi connectivity index (χ1) is 12.6. The molecule has 5 nitrogen and oxygen atoms in total. The van der Waals surface area contributed by atoms with Crippen molar-refractivity contribution in [3.8, 4) is 0 Å². The van der Waals surface area contributed by atoms with Crippen LogP contribution in [0.3, 0.4) is 0 Å². The van der Waals surface area contributed by atoms with Crippen LogP contribution in [0.4, 0.5) is 9.18 Å². The summed E-state index contributed by atoms with van der Waals surface area (Å²) < 4.78 is 19.3. The number of urea groups is 1. The number of carbonyl (C=O) groups is 2. The summed E-state index contributed by atoms with van der Waals surface area (Å²) in [6, 6.07) is 4.77. The molecule has 26 heavy (non-hydrogen) atoms. The van der Waals surface area contributed by atoms with Gasteiger partial charge in [0, 0.05) is 5.71 Å². The summed E-state index contributed by atoms with van der Waals surface area (Å²) in [6.45, 7) is 2.25. The van der Waals surface area contributed by atoms with E-state index in [-0.39, 0.29) is 0 Å². The minimum atomic E-state index is -0.719. The van der Waals surface area contributed by atoms with E-state index in [2.05, 4.69) is 10.3 Å². The molecule has 1 aromatic rings. The Morgan fingerprint density at radius 2 is 2.08 bits per heavy atom. The molecule has 0 saturated heterocycles. The zero-order valence-electron chi connectivity index (χ0n) is 15.0. The molecule has 0 aromatic heterocycles. The molecule has 1 fully saturated rings. The molecule has 1 saturated carbocycles. The number of rotatable bonds is 5. The molecule has 3 rings (SSSR count). The average molecular weight is 360 g/mol. The Bertz CT molecular complexity index is 698. The predicted octanol–water partition coefficient (Wildman–Crippen LogP) is 4.18. The van der Waals surface area contributed by atoms with Crippen LogP contribution in [0.1, 0.15) is 57.1 Å². The zero-order valence-corrected chi connectivity index (χ0v) is 15.0. The van der Waals surface area contributed by atoms with Crippen LogP contribution in [0.2, 0.25) is 0 Å². The number of esters is 1. The van der Waals surface area contributed by atoms with E-state index < -0.39 is 29.8 Å². The summed E-state index contributed by atoms with van der Waals surface area (Å²) in [6.07, 6.45) is 6.22. The van der Waals surface area contributed by atoms with Crippen LogP contribution in [0, 0.1) is 17.7 Å². The first-order valence-corrected chi connectivity index (χ1v) is 9.38. The van der Waals surface area contributed by atoms with Crippen LogP contribution in [0.5, 0.6) is 0 Å². The number of nitrogens with one attached hydrogen (secondary N) is 1. The maximum absolute atomic E-state index is 13.7. The summed E-state index contributed by atoms with van der Waals surface area (Å²) in [4.78, 5) is 28.7. The van der Waals surface area contributed by atoms with Gasteiger partial charge in [0.2, 0.25) is 0 Å². The van der Waals surface area contributed by atoms with E-state index in [9.17, 15) is 14.0 Å². The molecule has 0 bridgehead atoms. The van der Waals surface area contributed by atoms with Crippen molar-refractivity contribution in [3.05, 3.63) is 35.6 Å². The molecule has 0 spiro atoms. The molecule has 2 atom stereocenters. The number of benzene rings is 1. The van der Waals surface area contributed by atoms with Gasteiger partial charge in [-0.2, -0.15) is 0 Å². The van der Waals surface area contributed by atoms with Gasteiger partial charge in [0.1, 0.15) is 11.7 Å². The van der Waals surface area contributed by atoms with E-state index in [0.29, 0.717) is 30.2 Å². The molecular weight excluding hydrogens is 335 g/mol. The fourth-order valence-corrected chi connectivity index (χ4v) is 3.83. The third kappa shape index (κ3) is 4.29. The van der Waals surface area contributed by atoms with Crippen molar-refractivity contribution in [2.45, 2.75) is 51.5 Å². The van der Waals surface area contributed by atoms with Crippen molar-refractivity contribution < 1.29 is 18.7 Å². The standard InChI is InChI=1S/C20H25FN2O3/c1-2-16-17(19(24)26-12-13-7-4-3-5-8-13)18(23-20(25)22-16)14-9-6-10-15(21)11-14/h6,9-11,13,17-18H,2-5,7-8,12H2,1H3,(H,23,25). The Balaban J connectivity index is 1.79. The van der Waals surface area contributed by atoms with Gasteiger partial charge in [-0.05, 0) is 42.9 Å².